The van der Waals surface area contributed by atoms with E-state index in [1.807, 2.05) is 0 Å². The fourth-order valence-corrected chi connectivity index (χ4v) is 2.09. The molecule has 0 aliphatic rings. The fourth-order valence-electron chi connectivity index (χ4n) is 2.09. The van der Waals surface area contributed by atoms with E-state index >= 15 is 0 Å². The first-order chi connectivity index (χ1) is 9.41. The normalized spacial score (nSPS) is 10.3. The lowest BCUT2D eigenvalue weighted by atomic mass is 10.1. The van der Waals surface area contributed by atoms with Gasteiger partial charge in [-0.3, -0.25) is 4.79 Å². The van der Waals surface area contributed by atoms with Crippen LogP contribution in [0.1, 0.15) is 37.8 Å². The summed E-state index contributed by atoms with van der Waals surface area (Å²) in [5.74, 6) is -0.257. The highest BCUT2D eigenvalue weighted by atomic mass is 16.4. The Morgan fingerprint density at radius 1 is 1.10 bits per heavy atom. The second kappa shape index (κ2) is 5.21. The lowest BCUT2D eigenvalue weighted by Crippen LogP contribution is -2.16. The molecule has 5 heteroatoms. The zero-order chi connectivity index (χ0) is 14.9. The summed E-state index contributed by atoms with van der Waals surface area (Å²) in [4.78, 5) is 23.4. The Morgan fingerprint density at radius 3 is 2.30 bits per heavy atom. The number of rotatable bonds is 3. The van der Waals surface area contributed by atoms with E-state index < -0.39 is 5.97 Å². The van der Waals surface area contributed by atoms with Crippen LogP contribution in [0.2, 0.25) is 0 Å². The first kappa shape index (κ1) is 13.9. The van der Waals surface area contributed by atoms with Crippen LogP contribution in [-0.2, 0) is 0 Å². The SMILES string of the molecule is Cc1oc(C)c(C(=O)Nc2ccccc2C(=O)O)c1C. The molecule has 2 rings (SSSR count). The Kier molecular flexibility index (Phi) is 3.61. The Balaban J connectivity index is 2.36. The highest BCUT2D eigenvalue weighted by molar-refractivity contribution is 6.09. The summed E-state index contributed by atoms with van der Waals surface area (Å²) in [6.45, 7) is 5.28. The largest absolute Gasteiger partial charge is 0.478 e. The number of furan rings is 1. The molecule has 1 amide bonds. The van der Waals surface area contributed by atoms with Gasteiger partial charge in [-0.15, -0.1) is 0 Å². The fraction of sp³-hybridized carbons (Fsp3) is 0.200. The molecule has 0 saturated carbocycles. The van der Waals surface area contributed by atoms with E-state index in [9.17, 15) is 9.59 Å². The molecule has 2 N–H and O–H groups in total. The molecule has 0 bridgehead atoms. The van der Waals surface area contributed by atoms with Crippen molar-refractivity contribution in [3.05, 3.63) is 52.5 Å². The molecule has 0 aliphatic carbocycles. The van der Waals surface area contributed by atoms with Crippen molar-refractivity contribution in [2.45, 2.75) is 20.8 Å². The maximum atomic E-state index is 12.3. The van der Waals surface area contributed by atoms with Crippen molar-refractivity contribution < 1.29 is 19.1 Å². The van der Waals surface area contributed by atoms with Crippen LogP contribution in [0.15, 0.2) is 28.7 Å². The number of para-hydroxylation sites is 1. The van der Waals surface area contributed by atoms with Gasteiger partial charge in [0.25, 0.3) is 5.91 Å². The number of nitrogens with one attached hydrogen (secondary N) is 1. The van der Waals surface area contributed by atoms with E-state index in [4.69, 9.17) is 9.52 Å². The molecule has 0 unspecified atom stereocenters. The number of hydrogen-bond acceptors (Lipinski definition) is 3. The number of aryl methyl sites for hydroxylation is 2. The van der Waals surface area contributed by atoms with Crippen LogP contribution in [0.3, 0.4) is 0 Å². The first-order valence-corrected chi connectivity index (χ1v) is 6.12. The lowest BCUT2D eigenvalue weighted by molar-refractivity contribution is 0.0698. The Labute approximate surface area is 116 Å². The zero-order valence-corrected chi connectivity index (χ0v) is 11.5. The Hall–Kier alpha value is -2.56. The maximum Gasteiger partial charge on any atom is 0.337 e. The van der Waals surface area contributed by atoms with Gasteiger partial charge in [-0.25, -0.2) is 4.79 Å². The summed E-state index contributed by atoms with van der Waals surface area (Å²) in [7, 11) is 0. The molecule has 0 saturated heterocycles. The summed E-state index contributed by atoms with van der Waals surface area (Å²) in [5, 5.41) is 11.7. The van der Waals surface area contributed by atoms with Crippen molar-refractivity contribution in [1.82, 2.24) is 0 Å². The van der Waals surface area contributed by atoms with Crippen molar-refractivity contribution in [2.75, 3.05) is 5.32 Å². The standard InChI is InChI=1S/C15H15NO4/c1-8-9(2)20-10(3)13(8)14(17)16-12-7-5-4-6-11(12)15(18)19/h4-7H,1-3H3,(H,16,17)(H,18,19). The number of carboxylic acids is 1. The van der Waals surface area contributed by atoms with Crippen molar-refractivity contribution in [3.8, 4) is 0 Å². The molecule has 0 spiro atoms. The van der Waals surface area contributed by atoms with Crippen molar-refractivity contribution in [1.29, 1.82) is 0 Å². The molecule has 0 fully saturated rings. The third-order valence-corrected chi connectivity index (χ3v) is 3.19. The second-order valence-electron chi connectivity index (χ2n) is 4.52. The quantitative estimate of drug-likeness (QED) is 0.900. The number of carbonyl (C=O) groups excluding carboxylic acids is 1. The number of aromatic carboxylic acids is 1. The Bertz CT molecular complexity index is 685. The molecule has 104 valence electrons. The van der Waals surface area contributed by atoms with E-state index in [2.05, 4.69) is 5.32 Å². The van der Waals surface area contributed by atoms with Gasteiger partial charge in [-0.05, 0) is 32.9 Å². The van der Waals surface area contributed by atoms with E-state index in [0.29, 0.717) is 17.1 Å². The number of anilines is 1. The van der Waals surface area contributed by atoms with Gasteiger partial charge in [0.15, 0.2) is 0 Å². The molecular weight excluding hydrogens is 258 g/mol. The van der Waals surface area contributed by atoms with Gasteiger partial charge in [0, 0.05) is 5.56 Å². The molecule has 5 nitrogen and oxygen atoms in total. The molecule has 2 aromatic rings. The van der Waals surface area contributed by atoms with Crippen molar-refractivity contribution >= 4 is 17.6 Å². The van der Waals surface area contributed by atoms with Gasteiger partial charge in [0.1, 0.15) is 11.5 Å². The molecule has 1 heterocycles. The number of carbonyl (C=O) groups is 2. The molecular formula is C15H15NO4. The third-order valence-electron chi connectivity index (χ3n) is 3.19. The minimum Gasteiger partial charge on any atom is -0.478 e. The first-order valence-electron chi connectivity index (χ1n) is 6.12. The summed E-state index contributed by atoms with van der Waals surface area (Å²) < 4.78 is 5.40. The van der Waals surface area contributed by atoms with Gasteiger partial charge in [0.2, 0.25) is 0 Å². The van der Waals surface area contributed by atoms with E-state index in [1.54, 1.807) is 39.0 Å². The molecule has 0 atom stereocenters. The summed E-state index contributed by atoms with van der Waals surface area (Å²) >= 11 is 0. The van der Waals surface area contributed by atoms with Gasteiger partial charge in [-0.1, -0.05) is 12.1 Å². The second-order valence-corrected chi connectivity index (χ2v) is 4.52. The van der Waals surface area contributed by atoms with E-state index in [-0.39, 0.29) is 17.2 Å². The highest BCUT2D eigenvalue weighted by Crippen LogP contribution is 2.23. The number of hydrogen-bond donors (Lipinski definition) is 2. The average Bonchev–Trinajstić information content (AvgIpc) is 2.63. The zero-order valence-electron chi connectivity index (χ0n) is 11.5. The predicted octanol–water partition coefficient (Wildman–Crippen LogP) is 3.16. The van der Waals surface area contributed by atoms with Crippen LogP contribution in [0, 0.1) is 20.8 Å². The molecule has 20 heavy (non-hydrogen) atoms. The summed E-state index contributed by atoms with van der Waals surface area (Å²) in [5.41, 5.74) is 1.52. The Morgan fingerprint density at radius 2 is 1.75 bits per heavy atom. The summed E-state index contributed by atoms with van der Waals surface area (Å²) in [6.07, 6.45) is 0. The lowest BCUT2D eigenvalue weighted by Gasteiger charge is -2.08. The minimum atomic E-state index is -1.09. The van der Waals surface area contributed by atoms with E-state index in [1.165, 1.54) is 6.07 Å². The van der Waals surface area contributed by atoms with Crippen LogP contribution in [0.25, 0.3) is 0 Å². The smallest absolute Gasteiger partial charge is 0.337 e. The van der Waals surface area contributed by atoms with Gasteiger partial charge < -0.3 is 14.8 Å². The highest BCUT2D eigenvalue weighted by Gasteiger charge is 2.20. The average molecular weight is 273 g/mol. The van der Waals surface area contributed by atoms with Crippen LogP contribution in [-0.4, -0.2) is 17.0 Å². The monoisotopic (exact) mass is 273 g/mol. The van der Waals surface area contributed by atoms with Gasteiger partial charge in [0.05, 0.1) is 16.8 Å². The van der Waals surface area contributed by atoms with Crippen molar-refractivity contribution in [3.63, 3.8) is 0 Å². The van der Waals surface area contributed by atoms with Gasteiger partial charge >= 0.3 is 5.97 Å². The molecule has 1 aromatic heterocycles. The number of benzene rings is 1. The number of amides is 1. The molecule has 0 aliphatic heterocycles. The van der Waals surface area contributed by atoms with Crippen LogP contribution in [0.4, 0.5) is 5.69 Å². The van der Waals surface area contributed by atoms with Crippen LogP contribution in [0.5, 0.6) is 0 Å². The number of carboxylic acid groups (broad SMARTS) is 1. The maximum absolute atomic E-state index is 12.3. The minimum absolute atomic E-state index is 0.0522. The predicted molar refractivity (Wildman–Crippen MR) is 74.3 cm³/mol. The van der Waals surface area contributed by atoms with Crippen LogP contribution >= 0.6 is 0 Å². The molecule has 1 aromatic carbocycles. The van der Waals surface area contributed by atoms with Gasteiger partial charge in [-0.2, -0.15) is 0 Å². The topological polar surface area (TPSA) is 79.5 Å². The van der Waals surface area contributed by atoms with Crippen LogP contribution < -0.4 is 5.32 Å². The van der Waals surface area contributed by atoms with Crippen molar-refractivity contribution in [2.24, 2.45) is 0 Å². The summed E-state index contributed by atoms with van der Waals surface area (Å²) in [6, 6.07) is 6.28. The van der Waals surface area contributed by atoms with E-state index in [0.717, 1.165) is 5.56 Å². The third kappa shape index (κ3) is 2.42. The molecule has 0 radical (unpaired) electrons.